The Balaban J connectivity index is 1.52. The minimum absolute atomic E-state index is 0.162. The lowest BCUT2D eigenvalue weighted by Crippen LogP contribution is -2.46. The van der Waals surface area contributed by atoms with E-state index in [1.807, 2.05) is 24.3 Å². The third kappa shape index (κ3) is 4.76. The minimum atomic E-state index is 0.162. The highest BCUT2D eigenvalue weighted by Gasteiger charge is 2.24. The summed E-state index contributed by atoms with van der Waals surface area (Å²) in [5.41, 5.74) is 1.74. The molecule has 0 aromatic heterocycles. The van der Waals surface area contributed by atoms with Crippen molar-refractivity contribution in [3.05, 3.63) is 29.8 Å². The minimum Gasteiger partial charge on any atom is -0.369 e. The summed E-state index contributed by atoms with van der Waals surface area (Å²) in [6.07, 6.45) is 5.87. The molecule has 1 aliphatic heterocycles. The first-order chi connectivity index (χ1) is 12.7. The number of nitriles is 1. The molecule has 5 heteroatoms. The molecular formula is C21H30N4O. The van der Waals surface area contributed by atoms with Gasteiger partial charge in [-0.1, -0.05) is 31.9 Å². The van der Waals surface area contributed by atoms with E-state index in [-0.39, 0.29) is 5.91 Å². The Bertz CT molecular complexity index is 654. The number of carbonyl (C=O) groups is 1. The van der Waals surface area contributed by atoms with Crippen molar-refractivity contribution in [2.24, 2.45) is 5.92 Å². The van der Waals surface area contributed by atoms with Crippen LogP contribution < -0.4 is 10.2 Å². The van der Waals surface area contributed by atoms with Crippen LogP contribution in [0.3, 0.4) is 0 Å². The Morgan fingerprint density at radius 2 is 1.96 bits per heavy atom. The van der Waals surface area contributed by atoms with E-state index in [1.165, 1.54) is 19.3 Å². The SMILES string of the molecule is C[C@@H]1CCCC[C@@H]1NC(=O)CN1CCCN(c2ccccc2C#N)CC1. The molecule has 0 radical (unpaired) electrons. The molecule has 1 aromatic carbocycles. The van der Waals surface area contributed by atoms with Crippen LogP contribution in [0.4, 0.5) is 5.69 Å². The first kappa shape index (κ1) is 18.7. The smallest absolute Gasteiger partial charge is 0.234 e. The number of hydrogen-bond acceptors (Lipinski definition) is 4. The lowest BCUT2D eigenvalue weighted by atomic mass is 9.86. The molecule has 2 aliphatic rings. The van der Waals surface area contributed by atoms with Crippen LogP contribution in [0.1, 0.15) is 44.6 Å². The van der Waals surface area contributed by atoms with E-state index >= 15 is 0 Å². The number of carbonyl (C=O) groups excluding carboxylic acids is 1. The van der Waals surface area contributed by atoms with Crippen molar-refractivity contribution >= 4 is 11.6 Å². The number of benzene rings is 1. The van der Waals surface area contributed by atoms with E-state index < -0.39 is 0 Å². The van der Waals surface area contributed by atoms with E-state index in [0.29, 0.717) is 18.5 Å². The maximum atomic E-state index is 12.5. The molecule has 0 spiro atoms. The first-order valence-corrected chi connectivity index (χ1v) is 9.93. The number of nitrogens with zero attached hydrogens (tertiary/aromatic N) is 3. The first-order valence-electron chi connectivity index (χ1n) is 9.93. The van der Waals surface area contributed by atoms with E-state index in [0.717, 1.165) is 50.3 Å². The molecule has 1 aliphatic carbocycles. The van der Waals surface area contributed by atoms with Crippen molar-refractivity contribution < 1.29 is 4.79 Å². The Labute approximate surface area is 157 Å². The molecule has 2 fully saturated rings. The van der Waals surface area contributed by atoms with Gasteiger partial charge in [-0.15, -0.1) is 0 Å². The lowest BCUT2D eigenvalue weighted by Gasteiger charge is -2.30. The highest BCUT2D eigenvalue weighted by atomic mass is 16.2. The van der Waals surface area contributed by atoms with Crippen LogP contribution in [-0.4, -0.2) is 49.6 Å². The van der Waals surface area contributed by atoms with Crippen LogP contribution in [0, 0.1) is 17.2 Å². The van der Waals surface area contributed by atoms with Crippen LogP contribution >= 0.6 is 0 Å². The number of rotatable bonds is 4. The highest BCUT2D eigenvalue weighted by Crippen LogP contribution is 2.24. The quantitative estimate of drug-likeness (QED) is 0.903. The summed E-state index contributed by atoms with van der Waals surface area (Å²) in [5.74, 6) is 0.754. The van der Waals surface area contributed by atoms with Gasteiger partial charge in [0, 0.05) is 32.2 Å². The molecule has 0 unspecified atom stereocenters. The van der Waals surface area contributed by atoms with Crippen LogP contribution in [0.25, 0.3) is 0 Å². The van der Waals surface area contributed by atoms with Gasteiger partial charge in [0.15, 0.2) is 0 Å². The third-order valence-electron chi connectivity index (χ3n) is 5.78. The lowest BCUT2D eigenvalue weighted by molar-refractivity contribution is -0.123. The number of nitrogens with one attached hydrogen (secondary N) is 1. The third-order valence-corrected chi connectivity index (χ3v) is 5.78. The second-order valence-corrected chi connectivity index (χ2v) is 7.68. The average molecular weight is 354 g/mol. The molecule has 1 aromatic rings. The van der Waals surface area contributed by atoms with Gasteiger partial charge in [0.25, 0.3) is 0 Å². The molecule has 1 saturated heterocycles. The molecule has 140 valence electrons. The van der Waals surface area contributed by atoms with E-state index in [4.69, 9.17) is 0 Å². The predicted octanol–water partition coefficient (Wildman–Crippen LogP) is 2.77. The summed E-state index contributed by atoms with van der Waals surface area (Å²) in [7, 11) is 0. The predicted molar refractivity (Wildman–Crippen MR) is 104 cm³/mol. The number of para-hydroxylation sites is 1. The Kier molecular flexibility index (Phi) is 6.51. The largest absolute Gasteiger partial charge is 0.369 e. The Hall–Kier alpha value is -2.06. The maximum absolute atomic E-state index is 12.5. The summed E-state index contributed by atoms with van der Waals surface area (Å²) in [4.78, 5) is 17.0. The van der Waals surface area contributed by atoms with Gasteiger partial charge in [0.2, 0.25) is 5.91 Å². The fourth-order valence-electron chi connectivity index (χ4n) is 4.20. The zero-order valence-corrected chi connectivity index (χ0v) is 15.8. The van der Waals surface area contributed by atoms with E-state index in [9.17, 15) is 10.1 Å². The van der Waals surface area contributed by atoms with Gasteiger partial charge in [0.05, 0.1) is 17.8 Å². The summed E-state index contributed by atoms with van der Waals surface area (Å²) >= 11 is 0. The Morgan fingerprint density at radius 1 is 1.15 bits per heavy atom. The molecule has 2 atom stereocenters. The molecular weight excluding hydrogens is 324 g/mol. The van der Waals surface area contributed by atoms with Crippen molar-refractivity contribution in [2.75, 3.05) is 37.6 Å². The van der Waals surface area contributed by atoms with Gasteiger partial charge in [-0.25, -0.2) is 0 Å². The van der Waals surface area contributed by atoms with Crippen LogP contribution in [0.15, 0.2) is 24.3 Å². The molecule has 1 N–H and O–H groups in total. The zero-order chi connectivity index (χ0) is 18.4. The fourth-order valence-corrected chi connectivity index (χ4v) is 4.20. The van der Waals surface area contributed by atoms with Crippen LogP contribution in [0.2, 0.25) is 0 Å². The van der Waals surface area contributed by atoms with E-state index in [1.54, 1.807) is 0 Å². The van der Waals surface area contributed by atoms with Crippen LogP contribution in [0.5, 0.6) is 0 Å². The topological polar surface area (TPSA) is 59.4 Å². The number of anilines is 1. The molecule has 1 heterocycles. The van der Waals surface area contributed by atoms with Crippen molar-refractivity contribution in [1.82, 2.24) is 10.2 Å². The highest BCUT2D eigenvalue weighted by molar-refractivity contribution is 5.78. The monoisotopic (exact) mass is 354 g/mol. The van der Waals surface area contributed by atoms with Crippen molar-refractivity contribution in [2.45, 2.75) is 45.1 Å². The second kappa shape index (κ2) is 9.05. The van der Waals surface area contributed by atoms with Crippen molar-refractivity contribution in [3.63, 3.8) is 0 Å². The zero-order valence-electron chi connectivity index (χ0n) is 15.8. The van der Waals surface area contributed by atoms with Crippen molar-refractivity contribution in [1.29, 1.82) is 5.26 Å². The summed E-state index contributed by atoms with van der Waals surface area (Å²) in [5, 5.41) is 12.6. The second-order valence-electron chi connectivity index (χ2n) is 7.68. The van der Waals surface area contributed by atoms with Gasteiger partial charge >= 0.3 is 0 Å². The molecule has 0 bridgehead atoms. The summed E-state index contributed by atoms with van der Waals surface area (Å²) in [6.45, 7) is 6.30. The van der Waals surface area contributed by atoms with Gasteiger partial charge < -0.3 is 10.2 Å². The van der Waals surface area contributed by atoms with E-state index in [2.05, 4.69) is 28.1 Å². The van der Waals surface area contributed by atoms with Gasteiger partial charge in [0.1, 0.15) is 6.07 Å². The standard InChI is InChI=1S/C21H30N4O/c1-17-7-2-4-9-19(17)23-21(26)16-24-11-6-12-25(14-13-24)20-10-5-3-8-18(20)15-22/h3,5,8,10,17,19H,2,4,6-7,9,11-14,16H2,1H3,(H,23,26)/t17-,19+/m1/s1. The van der Waals surface area contributed by atoms with Gasteiger partial charge in [-0.3, -0.25) is 9.69 Å². The molecule has 3 rings (SSSR count). The van der Waals surface area contributed by atoms with Gasteiger partial charge in [-0.2, -0.15) is 5.26 Å². The Morgan fingerprint density at radius 3 is 2.77 bits per heavy atom. The summed E-state index contributed by atoms with van der Waals surface area (Å²) < 4.78 is 0. The number of amides is 1. The average Bonchev–Trinajstić information content (AvgIpc) is 2.89. The molecule has 5 nitrogen and oxygen atoms in total. The van der Waals surface area contributed by atoms with Crippen molar-refractivity contribution in [3.8, 4) is 6.07 Å². The fraction of sp³-hybridized carbons (Fsp3) is 0.619. The normalized spacial score (nSPS) is 24.5. The maximum Gasteiger partial charge on any atom is 0.234 e. The molecule has 1 amide bonds. The summed E-state index contributed by atoms with van der Waals surface area (Å²) in [6, 6.07) is 10.4. The van der Waals surface area contributed by atoms with Gasteiger partial charge in [-0.05, 0) is 37.3 Å². The van der Waals surface area contributed by atoms with Crippen LogP contribution in [-0.2, 0) is 4.79 Å². The molecule has 1 saturated carbocycles. The number of hydrogen-bond donors (Lipinski definition) is 1. The molecule has 26 heavy (non-hydrogen) atoms.